The molecule has 0 aromatic heterocycles. The third-order valence-electron chi connectivity index (χ3n) is 4.44. The molecule has 2 atom stereocenters. The van der Waals surface area contributed by atoms with Gasteiger partial charge in [0.25, 0.3) is 0 Å². The van der Waals surface area contributed by atoms with Crippen LogP contribution in [-0.4, -0.2) is 53.9 Å². The van der Waals surface area contributed by atoms with Gasteiger partial charge < -0.3 is 4.90 Å². The van der Waals surface area contributed by atoms with Crippen molar-refractivity contribution in [1.29, 1.82) is 0 Å². The minimum Gasteiger partial charge on any atom is -0.302 e. The fourth-order valence-corrected chi connectivity index (χ4v) is 3.94. The van der Waals surface area contributed by atoms with E-state index in [2.05, 4.69) is 32.7 Å². The van der Waals surface area contributed by atoms with Crippen LogP contribution in [0.2, 0.25) is 0 Å². The summed E-state index contributed by atoms with van der Waals surface area (Å²) in [6.45, 7) is 9.09. The summed E-state index contributed by atoms with van der Waals surface area (Å²) in [5, 5.41) is 1.16. The standard InChI is InChI=1S/C14H27BrN2/c1-13(4-7-15)5-10-16-11-6-14(12-16)17-8-2-3-9-17/h13-14H,2-12H2,1H3. The van der Waals surface area contributed by atoms with Crippen molar-refractivity contribution in [3.8, 4) is 0 Å². The van der Waals surface area contributed by atoms with E-state index in [9.17, 15) is 0 Å². The Labute approximate surface area is 115 Å². The lowest BCUT2D eigenvalue weighted by Crippen LogP contribution is -2.35. The molecule has 0 radical (unpaired) electrons. The number of rotatable bonds is 6. The summed E-state index contributed by atoms with van der Waals surface area (Å²) in [5.41, 5.74) is 0. The summed E-state index contributed by atoms with van der Waals surface area (Å²) in [4.78, 5) is 5.41. The van der Waals surface area contributed by atoms with Gasteiger partial charge in [-0.1, -0.05) is 22.9 Å². The Morgan fingerprint density at radius 1 is 1.18 bits per heavy atom. The Bertz CT molecular complexity index is 216. The van der Waals surface area contributed by atoms with Crippen molar-refractivity contribution in [2.75, 3.05) is 38.1 Å². The summed E-state index contributed by atoms with van der Waals surface area (Å²) >= 11 is 3.54. The molecule has 0 bridgehead atoms. The van der Waals surface area contributed by atoms with E-state index in [1.165, 1.54) is 64.8 Å². The zero-order valence-corrected chi connectivity index (χ0v) is 12.8. The molecule has 2 nitrogen and oxygen atoms in total. The van der Waals surface area contributed by atoms with Crippen molar-refractivity contribution in [3.63, 3.8) is 0 Å². The van der Waals surface area contributed by atoms with Gasteiger partial charge >= 0.3 is 0 Å². The molecule has 2 aliphatic heterocycles. The highest BCUT2D eigenvalue weighted by Crippen LogP contribution is 2.21. The molecular weight excluding hydrogens is 276 g/mol. The van der Waals surface area contributed by atoms with Crippen LogP contribution in [0.25, 0.3) is 0 Å². The van der Waals surface area contributed by atoms with Gasteiger partial charge in [-0.15, -0.1) is 0 Å². The molecule has 0 spiro atoms. The van der Waals surface area contributed by atoms with Crippen molar-refractivity contribution in [3.05, 3.63) is 0 Å². The lowest BCUT2D eigenvalue weighted by atomic mass is 10.1. The molecule has 2 saturated heterocycles. The SMILES string of the molecule is CC(CCBr)CCN1CCC(N2CCCC2)C1. The third kappa shape index (κ3) is 4.22. The van der Waals surface area contributed by atoms with Gasteiger partial charge in [0, 0.05) is 17.9 Å². The molecule has 100 valence electrons. The molecule has 2 rings (SSSR count). The summed E-state index contributed by atoms with van der Waals surface area (Å²) in [7, 11) is 0. The molecule has 0 aromatic carbocycles. The summed E-state index contributed by atoms with van der Waals surface area (Å²) in [6.07, 6.45) is 6.96. The van der Waals surface area contributed by atoms with E-state index in [-0.39, 0.29) is 0 Å². The first-order valence-corrected chi connectivity index (χ1v) is 8.44. The van der Waals surface area contributed by atoms with Crippen LogP contribution in [-0.2, 0) is 0 Å². The Balaban J connectivity index is 1.63. The Morgan fingerprint density at radius 3 is 2.65 bits per heavy atom. The zero-order chi connectivity index (χ0) is 12.1. The van der Waals surface area contributed by atoms with Gasteiger partial charge in [-0.2, -0.15) is 0 Å². The van der Waals surface area contributed by atoms with Crippen molar-refractivity contribution in [2.45, 2.75) is 45.1 Å². The maximum Gasteiger partial charge on any atom is 0.0235 e. The van der Waals surface area contributed by atoms with Crippen molar-refractivity contribution in [2.24, 2.45) is 5.92 Å². The number of halogens is 1. The fourth-order valence-electron chi connectivity index (χ4n) is 3.15. The average molecular weight is 303 g/mol. The molecule has 0 aromatic rings. The second-order valence-electron chi connectivity index (χ2n) is 5.86. The van der Waals surface area contributed by atoms with Crippen LogP contribution >= 0.6 is 15.9 Å². The first-order chi connectivity index (χ1) is 8.29. The van der Waals surface area contributed by atoms with E-state index in [0.717, 1.165) is 17.3 Å². The average Bonchev–Trinajstić information content (AvgIpc) is 2.97. The van der Waals surface area contributed by atoms with E-state index in [4.69, 9.17) is 0 Å². The monoisotopic (exact) mass is 302 g/mol. The van der Waals surface area contributed by atoms with E-state index >= 15 is 0 Å². The number of alkyl halides is 1. The van der Waals surface area contributed by atoms with Gasteiger partial charge in [0.2, 0.25) is 0 Å². The normalized spacial score (nSPS) is 28.9. The molecule has 17 heavy (non-hydrogen) atoms. The molecule has 0 aliphatic carbocycles. The van der Waals surface area contributed by atoms with Crippen molar-refractivity contribution < 1.29 is 0 Å². The predicted molar refractivity (Wildman–Crippen MR) is 77.8 cm³/mol. The molecule has 2 fully saturated rings. The van der Waals surface area contributed by atoms with E-state index in [1.807, 2.05) is 0 Å². The van der Waals surface area contributed by atoms with Gasteiger partial charge in [0.05, 0.1) is 0 Å². The molecule has 0 saturated carbocycles. The Kier molecular flexibility index (Phi) is 5.78. The predicted octanol–water partition coefficient (Wildman–Crippen LogP) is 2.97. The maximum atomic E-state index is 3.54. The van der Waals surface area contributed by atoms with Crippen molar-refractivity contribution >= 4 is 15.9 Å². The van der Waals surface area contributed by atoms with Crippen molar-refractivity contribution in [1.82, 2.24) is 9.80 Å². The largest absolute Gasteiger partial charge is 0.302 e. The summed E-state index contributed by atoms with van der Waals surface area (Å²) in [5.74, 6) is 0.875. The Hall–Kier alpha value is 0.400. The topological polar surface area (TPSA) is 6.48 Å². The Morgan fingerprint density at radius 2 is 1.94 bits per heavy atom. The van der Waals surface area contributed by atoms with E-state index in [1.54, 1.807) is 0 Å². The van der Waals surface area contributed by atoms with Crippen LogP contribution in [0.15, 0.2) is 0 Å². The molecule has 3 heteroatoms. The quantitative estimate of drug-likeness (QED) is 0.696. The fraction of sp³-hybridized carbons (Fsp3) is 1.00. The number of nitrogens with zero attached hydrogens (tertiary/aromatic N) is 2. The maximum absolute atomic E-state index is 3.54. The van der Waals surface area contributed by atoms with Gasteiger partial charge in [0.1, 0.15) is 0 Å². The highest BCUT2D eigenvalue weighted by Gasteiger charge is 2.28. The number of hydrogen-bond donors (Lipinski definition) is 0. The zero-order valence-electron chi connectivity index (χ0n) is 11.2. The summed E-state index contributed by atoms with van der Waals surface area (Å²) in [6, 6.07) is 0.879. The van der Waals surface area contributed by atoms with E-state index in [0.29, 0.717) is 0 Å². The first kappa shape index (κ1) is 13.8. The van der Waals surface area contributed by atoms with Crippen LogP contribution in [0.3, 0.4) is 0 Å². The lowest BCUT2D eigenvalue weighted by Gasteiger charge is -2.24. The number of likely N-dealkylation sites (tertiary alicyclic amines) is 2. The van der Waals surface area contributed by atoms with Gasteiger partial charge in [-0.25, -0.2) is 0 Å². The van der Waals surface area contributed by atoms with Crippen LogP contribution < -0.4 is 0 Å². The smallest absolute Gasteiger partial charge is 0.0235 e. The molecule has 0 amide bonds. The van der Waals surface area contributed by atoms with Crippen LogP contribution in [0, 0.1) is 5.92 Å². The minimum atomic E-state index is 0.875. The molecule has 2 heterocycles. The minimum absolute atomic E-state index is 0.875. The first-order valence-electron chi connectivity index (χ1n) is 7.32. The molecule has 2 aliphatic rings. The van der Waals surface area contributed by atoms with Crippen LogP contribution in [0.1, 0.15) is 39.0 Å². The second-order valence-corrected chi connectivity index (χ2v) is 6.65. The molecule has 0 N–H and O–H groups in total. The van der Waals surface area contributed by atoms with Crippen LogP contribution in [0.4, 0.5) is 0 Å². The highest BCUT2D eigenvalue weighted by atomic mass is 79.9. The van der Waals surface area contributed by atoms with Gasteiger partial charge in [-0.3, -0.25) is 4.90 Å². The van der Waals surface area contributed by atoms with Gasteiger partial charge in [0.15, 0.2) is 0 Å². The van der Waals surface area contributed by atoms with Gasteiger partial charge in [-0.05, 0) is 64.2 Å². The molecule has 2 unspecified atom stereocenters. The molecular formula is C14H27BrN2. The van der Waals surface area contributed by atoms with E-state index < -0.39 is 0 Å². The summed E-state index contributed by atoms with van der Waals surface area (Å²) < 4.78 is 0. The third-order valence-corrected chi connectivity index (χ3v) is 4.90. The number of hydrogen-bond acceptors (Lipinski definition) is 2. The second kappa shape index (κ2) is 7.10. The van der Waals surface area contributed by atoms with Crippen LogP contribution in [0.5, 0.6) is 0 Å². The highest BCUT2D eigenvalue weighted by molar-refractivity contribution is 9.09. The lowest BCUT2D eigenvalue weighted by molar-refractivity contribution is 0.227.